The Morgan fingerprint density at radius 2 is 1.86 bits per heavy atom. The van der Waals surface area contributed by atoms with Crippen molar-refractivity contribution in [3.8, 4) is 0 Å². The maximum absolute atomic E-state index is 5.32. The average Bonchev–Trinajstić information content (AvgIpc) is 2.46. The van der Waals surface area contributed by atoms with E-state index in [9.17, 15) is 0 Å². The van der Waals surface area contributed by atoms with Gasteiger partial charge in [-0.15, -0.1) is 0 Å². The van der Waals surface area contributed by atoms with Gasteiger partial charge in [0.25, 0.3) is 0 Å². The molecule has 1 aliphatic carbocycles. The van der Waals surface area contributed by atoms with Crippen LogP contribution < -0.4 is 21.5 Å². The zero-order valence-electron chi connectivity index (χ0n) is 13.2. The predicted octanol–water partition coefficient (Wildman–Crippen LogP) is 2.41. The van der Waals surface area contributed by atoms with E-state index >= 15 is 0 Å². The van der Waals surface area contributed by atoms with Crippen LogP contribution in [0.1, 0.15) is 39.5 Å². The van der Waals surface area contributed by atoms with E-state index in [2.05, 4.69) is 41.6 Å². The Kier molecular flexibility index (Phi) is 9.35. The van der Waals surface area contributed by atoms with Gasteiger partial charge in [0.2, 0.25) is 0 Å². The molecule has 1 aliphatic rings. The standard InChI is InChI=1S/C14H28N4S3/c1-10-6-4-7-12(11(10)2)16-14(20)18-17-13(19)15-8-5-9-21-3/h10-12H,4-9H2,1-3H3,(H2,15,17,19)(H2,16,18,20)/t10-,11-,12+/m1/s1. The largest absolute Gasteiger partial charge is 0.361 e. The van der Waals surface area contributed by atoms with Crippen LogP contribution in [0.5, 0.6) is 0 Å². The Hall–Kier alpha value is -0.270. The fraction of sp³-hybridized carbons (Fsp3) is 0.857. The van der Waals surface area contributed by atoms with Crippen molar-refractivity contribution in [3.05, 3.63) is 0 Å². The van der Waals surface area contributed by atoms with E-state index in [1.54, 1.807) is 0 Å². The summed E-state index contributed by atoms with van der Waals surface area (Å²) in [5, 5.41) is 7.76. The van der Waals surface area contributed by atoms with Gasteiger partial charge < -0.3 is 10.6 Å². The van der Waals surface area contributed by atoms with E-state index in [1.807, 2.05) is 11.8 Å². The summed E-state index contributed by atoms with van der Waals surface area (Å²) in [6, 6.07) is 0.457. The van der Waals surface area contributed by atoms with Gasteiger partial charge in [-0.2, -0.15) is 11.8 Å². The lowest BCUT2D eigenvalue weighted by atomic mass is 9.78. The maximum atomic E-state index is 5.32. The monoisotopic (exact) mass is 348 g/mol. The molecule has 0 amide bonds. The van der Waals surface area contributed by atoms with E-state index in [0.717, 1.165) is 24.6 Å². The molecule has 122 valence electrons. The second-order valence-corrected chi connectivity index (χ2v) is 7.50. The number of hydrazine groups is 1. The van der Waals surface area contributed by atoms with Crippen molar-refractivity contribution in [2.75, 3.05) is 18.6 Å². The lowest BCUT2D eigenvalue weighted by molar-refractivity contribution is 0.224. The SMILES string of the molecule is CSCCCNC(=S)NNC(=S)N[C@H]1CCC[C@@H](C)[C@H]1C. The number of thiocarbonyl (C=S) groups is 2. The summed E-state index contributed by atoms with van der Waals surface area (Å²) in [6.45, 7) is 5.50. The van der Waals surface area contributed by atoms with Crippen molar-refractivity contribution in [1.29, 1.82) is 0 Å². The van der Waals surface area contributed by atoms with Crippen molar-refractivity contribution >= 4 is 46.4 Å². The normalized spacial score (nSPS) is 25.0. The summed E-state index contributed by atoms with van der Waals surface area (Å²) in [5.41, 5.74) is 5.90. The summed E-state index contributed by atoms with van der Waals surface area (Å²) in [7, 11) is 0. The summed E-state index contributed by atoms with van der Waals surface area (Å²) >= 11 is 12.4. The van der Waals surface area contributed by atoms with Crippen molar-refractivity contribution in [3.63, 3.8) is 0 Å². The highest BCUT2D eigenvalue weighted by molar-refractivity contribution is 7.98. The van der Waals surface area contributed by atoms with Crippen LogP contribution in [0.25, 0.3) is 0 Å². The van der Waals surface area contributed by atoms with Crippen molar-refractivity contribution in [2.24, 2.45) is 11.8 Å². The topological polar surface area (TPSA) is 48.1 Å². The summed E-state index contributed by atoms with van der Waals surface area (Å²) in [6.07, 6.45) is 6.99. The first-order valence-corrected chi connectivity index (χ1v) is 9.85. The van der Waals surface area contributed by atoms with Crippen molar-refractivity contribution in [1.82, 2.24) is 21.5 Å². The van der Waals surface area contributed by atoms with Crippen LogP contribution in [-0.4, -0.2) is 34.8 Å². The molecular weight excluding hydrogens is 320 g/mol. The lowest BCUT2D eigenvalue weighted by Crippen LogP contribution is -2.54. The van der Waals surface area contributed by atoms with Gasteiger partial charge in [0.15, 0.2) is 10.2 Å². The minimum atomic E-state index is 0.457. The Balaban J connectivity index is 2.17. The molecule has 0 spiro atoms. The van der Waals surface area contributed by atoms with Gasteiger partial charge in [-0.25, -0.2) is 0 Å². The molecule has 0 radical (unpaired) electrons. The number of rotatable bonds is 5. The summed E-state index contributed by atoms with van der Waals surface area (Å²) < 4.78 is 0. The first-order valence-electron chi connectivity index (χ1n) is 7.64. The predicted molar refractivity (Wildman–Crippen MR) is 102 cm³/mol. The fourth-order valence-electron chi connectivity index (χ4n) is 2.57. The number of hydrogen-bond acceptors (Lipinski definition) is 3. The molecule has 7 heteroatoms. The Morgan fingerprint density at radius 1 is 1.14 bits per heavy atom. The minimum Gasteiger partial charge on any atom is -0.361 e. The lowest BCUT2D eigenvalue weighted by Gasteiger charge is -2.35. The van der Waals surface area contributed by atoms with Crippen LogP contribution in [0, 0.1) is 11.8 Å². The third-order valence-corrected chi connectivity index (χ3v) is 5.29. The molecule has 0 aromatic carbocycles. The molecule has 0 aromatic heterocycles. The molecule has 4 N–H and O–H groups in total. The molecule has 4 nitrogen and oxygen atoms in total. The van der Waals surface area contributed by atoms with Crippen molar-refractivity contribution in [2.45, 2.75) is 45.6 Å². The first kappa shape index (κ1) is 18.8. The molecule has 0 heterocycles. The smallest absolute Gasteiger partial charge is 0.185 e. The number of thioether (sulfide) groups is 1. The number of hydrogen-bond donors (Lipinski definition) is 4. The van der Waals surface area contributed by atoms with E-state index in [0.29, 0.717) is 22.2 Å². The second-order valence-electron chi connectivity index (χ2n) is 5.70. The highest BCUT2D eigenvalue weighted by Crippen LogP contribution is 2.29. The zero-order chi connectivity index (χ0) is 15.7. The molecule has 0 bridgehead atoms. The molecule has 3 atom stereocenters. The van der Waals surface area contributed by atoms with Crippen LogP contribution in [0.15, 0.2) is 0 Å². The molecule has 0 aromatic rings. The molecule has 0 aliphatic heterocycles. The van der Waals surface area contributed by atoms with Crippen LogP contribution >= 0.6 is 36.2 Å². The molecule has 0 saturated heterocycles. The Bertz CT molecular complexity index is 338. The van der Waals surface area contributed by atoms with Gasteiger partial charge >= 0.3 is 0 Å². The molecule has 1 fully saturated rings. The van der Waals surface area contributed by atoms with Crippen LogP contribution in [0.4, 0.5) is 0 Å². The van der Waals surface area contributed by atoms with E-state index in [-0.39, 0.29) is 0 Å². The molecule has 1 saturated carbocycles. The first-order chi connectivity index (χ1) is 10.0. The van der Waals surface area contributed by atoms with Gasteiger partial charge in [-0.3, -0.25) is 10.9 Å². The summed E-state index contributed by atoms with van der Waals surface area (Å²) in [5.74, 6) is 2.54. The highest BCUT2D eigenvalue weighted by atomic mass is 32.2. The molecular formula is C14H28N4S3. The van der Waals surface area contributed by atoms with Crippen LogP contribution in [0.2, 0.25) is 0 Å². The number of nitrogens with one attached hydrogen (secondary N) is 4. The molecule has 0 unspecified atom stereocenters. The third-order valence-electron chi connectivity index (χ3n) is 4.12. The fourth-order valence-corrected chi connectivity index (χ4v) is 3.35. The maximum Gasteiger partial charge on any atom is 0.185 e. The van der Waals surface area contributed by atoms with E-state index in [1.165, 1.54) is 19.3 Å². The highest BCUT2D eigenvalue weighted by Gasteiger charge is 2.27. The van der Waals surface area contributed by atoms with Gasteiger partial charge in [-0.1, -0.05) is 26.7 Å². The third kappa shape index (κ3) is 7.51. The van der Waals surface area contributed by atoms with Gasteiger partial charge in [0.05, 0.1) is 0 Å². The van der Waals surface area contributed by atoms with Crippen LogP contribution in [-0.2, 0) is 0 Å². The molecule has 1 rings (SSSR count). The zero-order valence-corrected chi connectivity index (χ0v) is 15.6. The van der Waals surface area contributed by atoms with Gasteiger partial charge in [0, 0.05) is 12.6 Å². The van der Waals surface area contributed by atoms with Crippen LogP contribution in [0.3, 0.4) is 0 Å². The second kappa shape index (κ2) is 10.5. The van der Waals surface area contributed by atoms with Gasteiger partial charge in [-0.05, 0) is 61.1 Å². The van der Waals surface area contributed by atoms with E-state index in [4.69, 9.17) is 24.4 Å². The van der Waals surface area contributed by atoms with Crippen molar-refractivity contribution < 1.29 is 0 Å². The Morgan fingerprint density at radius 3 is 2.57 bits per heavy atom. The minimum absolute atomic E-state index is 0.457. The van der Waals surface area contributed by atoms with Gasteiger partial charge in [0.1, 0.15) is 0 Å². The Labute approximate surface area is 143 Å². The summed E-state index contributed by atoms with van der Waals surface area (Å²) in [4.78, 5) is 0. The quantitative estimate of drug-likeness (QED) is 0.346. The molecule has 21 heavy (non-hydrogen) atoms. The average molecular weight is 349 g/mol. The van der Waals surface area contributed by atoms with E-state index < -0.39 is 0 Å².